The maximum absolute atomic E-state index is 13.6. The first-order chi connectivity index (χ1) is 19.1. The predicted molar refractivity (Wildman–Crippen MR) is 147 cm³/mol. The molecule has 0 aromatic heterocycles. The molecule has 8 heteroatoms. The molecule has 2 aromatic carbocycles. The Balaban J connectivity index is 1.47. The summed E-state index contributed by atoms with van der Waals surface area (Å²) >= 11 is 0. The first kappa shape index (κ1) is 28.0. The zero-order valence-corrected chi connectivity index (χ0v) is 23.6. The van der Waals surface area contributed by atoms with E-state index in [-0.39, 0.29) is 18.1 Å². The Morgan fingerprint density at radius 3 is 2.60 bits per heavy atom. The van der Waals surface area contributed by atoms with Gasteiger partial charge in [-0.3, -0.25) is 0 Å². The van der Waals surface area contributed by atoms with Crippen molar-refractivity contribution in [1.82, 2.24) is 0 Å². The fourth-order valence-electron chi connectivity index (χ4n) is 5.94. The van der Waals surface area contributed by atoms with E-state index in [0.29, 0.717) is 23.5 Å². The molecule has 0 fully saturated rings. The first-order valence-corrected chi connectivity index (χ1v) is 14.0. The van der Waals surface area contributed by atoms with Crippen LogP contribution in [0, 0.1) is 5.92 Å². The lowest BCUT2D eigenvalue weighted by atomic mass is 9.71. The Morgan fingerprint density at radius 2 is 1.88 bits per heavy atom. The fourth-order valence-corrected chi connectivity index (χ4v) is 5.94. The lowest BCUT2D eigenvalue weighted by molar-refractivity contribution is -0.155. The van der Waals surface area contributed by atoms with E-state index in [4.69, 9.17) is 23.7 Å². The maximum Gasteiger partial charge on any atom is 0.510 e. The van der Waals surface area contributed by atoms with Crippen LogP contribution < -0.4 is 9.47 Å². The van der Waals surface area contributed by atoms with Crippen molar-refractivity contribution in [2.24, 2.45) is 5.92 Å². The Hall–Kier alpha value is -3.52. The Bertz CT molecular complexity index is 1280. The van der Waals surface area contributed by atoms with Crippen LogP contribution in [0.25, 0.3) is 0 Å². The molecule has 0 amide bonds. The van der Waals surface area contributed by atoms with Gasteiger partial charge in [-0.1, -0.05) is 42.8 Å². The summed E-state index contributed by atoms with van der Waals surface area (Å²) in [7, 11) is 1.60. The van der Waals surface area contributed by atoms with Crippen LogP contribution in [0.1, 0.15) is 75.7 Å². The molecule has 0 radical (unpaired) electrons. The molecule has 8 nitrogen and oxygen atoms in total. The summed E-state index contributed by atoms with van der Waals surface area (Å²) in [5.41, 5.74) is 0.886. The van der Waals surface area contributed by atoms with Gasteiger partial charge in [0.1, 0.15) is 11.4 Å². The van der Waals surface area contributed by atoms with E-state index in [1.165, 1.54) is 0 Å². The highest BCUT2D eigenvalue weighted by Gasteiger charge is 2.46. The number of fused-ring (bicyclic) bond motifs is 4. The van der Waals surface area contributed by atoms with Gasteiger partial charge in [0.15, 0.2) is 17.6 Å². The van der Waals surface area contributed by atoms with E-state index in [2.05, 4.69) is 6.07 Å². The van der Waals surface area contributed by atoms with Crippen LogP contribution in [0.5, 0.6) is 11.5 Å². The lowest BCUT2D eigenvalue weighted by Crippen LogP contribution is -2.46. The summed E-state index contributed by atoms with van der Waals surface area (Å²) in [5.74, 6) is 0.773. The molecule has 1 heterocycles. The van der Waals surface area contributed by atoms with Gasteiger partial charge in [0.05, 0.1) is 12.7 Å². The smallest absolute Gasteiger partial charge is 0.493 e. The largest absolute Gasteiger partial charge is 0.510 e. The van der Waals surface area contributed by atoms with E-state index in [9.17, 15) is 14.7 Å². The molecular weight excluding hydrogens is 512 g/mol. The molecular formula is C32H38O8. The van der Waals surface area contributed by atoms with Gasteiger partial charge in [0.2, 0.25) is 6.10 Å². The zero-order valence-electron chi connectivity index (χ0n) is 23.6. The van der Waals surface area contributed by atoms with Crippen LogP contribution in [0.4, 0.5) is 4.79 Å². The number of benzene rings is 2. The Morgan fingerprint density at radius 1 is 1.10 bits per heavy atom. The van der Waals surface area contributed by atoms with Gasteiger partial charge < -0.3 is 28.8 Å². The summed E-state index contributed by atoms with van der Waals surface area (Å²) < 4.78 is 29.0. The minimum atomic E-state index is -1.35. The quantitative estimate of drug-likeness (QED) is 0.454. The third-order valence-corrected chi connectivity index (χ3v) is 7.91. The number of hydrogen-bond donors (Lipinski definition) is 1. The van der Waals surface area contributed by atoms with E-state index >= 15 is 0 Å². The minimum absolute atomic E-state index is 0.0399. The van der Waals surface area contributed by atoms with Crippen LogP contribution in [-0.2, 0) is 31.8 Å². The molecule has 1 aliphatic heterocycles. The molecule has 3 aliphatic rings. The van der Waals surface area contributed by atoms with Gasteiger partial charge in [-0.25, -0.2) is 9.59 Å². The second kappa shape index (κ2) is 11.2. The average molecular weight is 551 g/mol. The molecule has 5 rings (SSSR count). The lowest BCUT2D eigenvalue weighted by Gasteiger charge is -2.41. The van der Waals surface area contributed by atoms with E-state index in [0.717, 1.165) is 43.2 Å². The number of carbonyl (C=O) groups is 2. The predicted octanol–water partition coefficient (Wildman–Crippen LogP) is 5.99. The molecule has 0 spiro atoms. The second-order valence-electron chi connectivity index (χ2n) is 11.9. The summed E-state index contributed by atoms with van der Waals surface area (Å²) in [6.07, 6.45) is 3.78. The zero-order chi connectivity index (χ0) is 28.5. The standard InChI is InChI=1S/C32H38O8/c1-31(2,3)40-30(34)39-27(20-10-6-5-7-11-20)29(33)38-24-16-17-32(35)19-26(24)37-28-23-13-9-8-12-22(32)18-21(23)14-15-25(28)36-4/h5-7,10-11,14-16,22,26-27,35H,8-9,12-13,17-19H2,1-4H3/t22-,26-,27+,32+/m1/s1. The molecule has 1 N–H and O–H groups in total. The van der Waals surface area contributed by atoms with Gasteiger partial charge in [-0.2, -0.15) is 0 Å². The summed E-state index contributed by atoms with van der Waals surface area (Å²) in [5, 5.41) is 11.9. The topological polar surface area (TPSA) is 101 Å². The normalized spacial score (nSPS) is 24.5. The van der Waals surface area contributed by atoms with E-state index in [1.807, 2.05) is 6.07 Å². The fraction of sp³-hybridized carbons (Fsp3) is 0.500. The van der Waals surface area contributed by atoms with Gasteiger partial charge in [0, 0.05) is 17.5 Å². The van der Waals surface area contributed by atoms with E-state index < -0.39 is 35.5 Å². The van der Waals surface area contributed by atoms with Crippen molar-refractivity contribution >= 4 is 12.1 Å². The third kappa shape index (κ3) is 5.97. The Labute approximate surface area is 235 Å². The van der Waals surface area contributed by atoms with Gasteiger partial charge >= 0.3 is 12.1 Å². The van der Waals surface area contributed by atoms with Crippen molar-refractivity contribution in [3.05, 3.63) is 71.0 Å². The number of carbonyl (C=O) groups excluding carboxylic acids is 2. The number of methoxy groups -OCH3 is 1. The highest BCUT2D eigenvalue weighted by molar-refractivity contribution is 5.80. The molecule has 0 saturated heterocycles. The van der Waals surface area contributed by atoms with Crippen molar-refractivity contribution < 1.29 is 38.4 Å². The van der Waals surface area contributed by atoms with Crippen LogP contribution in [0.2, 0.25) is 0 Å². The van der Waals surface area contributed by atoms with Gasteiger partial charge in [-0.15, -0.1) is 0 Å². The summed E-state index contributed by atoms with van der Waals surface area (Å²) in [6, 6.07) is 12.6. The monoisotopic (exact) mass is 550 g/mol. The number of hydrogen-bond acceptors (Lipinski definition) is 8. The van der Waals surface area contributed by atoms with Crippen molar-refractivity contribution in [3.8, 4) is 11.5 Å². The summed E-state index contributed by atoms with van der Waals surface area (Å²) in [6.45, 7) is 5.15. The summed E-state index contributed by atoms with van der Waals surface area (Å²) in [4.78, 5) is 26.1. The number of esters is 1. The molecule has 0 unspecified atom stereocenters. The molecule has 214 valence electrons. The third-order valence-electron chi connectivity index (χ3n) is 7.91. The SMILES string of the molecule is COc1ccc2c3c1O[C@@H]1C[C@@](O)(CC=C1OC(=O)[C@@H](OC(=O)OC(C)(C)C)c1ccccc1)[C@H](CCCC3)C2. The highest BCUT2D eigenvalue weighted by atomic mass is 16.7. The maximum atomic E-state index is 13.6. The van der Waals surface area contributed by atoms with Crippen molar-refractivity contribution in [2.45, 2.75) is 89.1 Å². The van der Waals surface area contributed by atoms with Crippen LogP contribution in [0.15, 0.2) is 54.3 Å². The van der Waals surface area contributed by atoms with E-state index in [1.54, 1.807) is 64.3 Å². The number of rotatable bonds is 5. The molecule has 6 bridgehead atoms. The van der Waals surface area contributed by atoms with Crippen molar-refractivity contribution in [2.75, 3.05) is 7.11 Å². The highest BCUT2D eigenvalue weighted by Crippen LogP contribution is 2.47. The molecule has 2 aliphatic carbocycles. The Kier molecular flexibility index (Phi) is 7.82. The molecule has 4 atom stereocenters. The number of aliphatic hydroxyl groups is 1. The van der Waals surface area contributed by atoms with Gasteiger partial charge in [-0.05, 0) is 76.5 Å². The van der Waals surface area contributed by atoms with Crippen LogP contribution in [-0.4, -0.2) is 41.6 Å². The number of ether oxygens (including phenoxy) is 5. The second-order valence-corrected chi connectivity index (χ2v) is 11.9. The van der Waals surface area contributed by atoms with Crippen molar-refractivity contribution in [3.63, 3.8) is 0 Å². The van der Waals surface area contributed by atoms with Crippen molar-refractivity contribution in [1.29, 1.82) is 0 Å². The molecule has 40 heavy (non-hydrogen) atoms. The minimum Gasteiger partial charge on any atom is -0.493 e. The van der Waals surface area contributed by atoms with Crippen LogP contribution in [0.3, 0.4) is 0 Å². The van der Waals surface area contributed by atoms with Gasteiger partial charge in [0.25, 0.3) is 0 Å². The average Bonchev–Trinajstić information content (AvgIpc) is 2.89. The first-order valence-electron chi connectivity index (χ1n) is 14.0. The van der Waals surface area contributed by atoms with Crippen LogP contribution >= 0.6 is 0 Å². The molecule has 0 saturated carbocycles. The molecule has 2 aromatic rings.